The average molecular weight is 435 g/mol. The molecule has 0 saturated carbocycles. The van der Waals surface area contributed by atoms with Crippen LogP contribution in [-0.4, -0.2) is 31.4 Å². The first-order valence-corrected chi connectivity index (χ1v) is 9.00. The Kier molecular flexibility index (Phi) is 5.45. The Morgan fingerprint density at radius 2 is 2.19 bits per heavy atom. The number of furan rings is 1. The van der Waals surface area contributed by atoms with E-state index in [1.165, 1.54) is 17.1 Å². The van der Waals surface area contributed by atoms with Crippen molar-refractivity contribution >= 4 is 33.4 Å². The Hall–Kier alpha value is -2.88. The zero-order valence-electron chi connectivity index (χ0n) is 15.1. The van der Waals surface area contributed by atoms with Crippen molar-refractivity contribution in [1.82, 2.24) is 24.9 Å². The molecule has 0 aliphatic heterocycles. The van der Waals surface area contributed by atoms with Gasteiger partial charge in [0, 0.05) is 13.2 Å². The summed E-state index contributed by atoms with van der Waals surface area (Å²) in [7, 11) is 1.63. The molecule has 27 heavy (non-hydrogen) atoms. The summed E-state index contributed by atoms with van der Waals surface area (Å²) in [6.07, 6.45) is 4.71. The minimum Gasteiger partial charge on any atom is -0.467 e. The van der Waals surface area contributed by atoms with Crippen LogP contribution in [0.25, 0.3) is 0 Å². The van der Waals surface area contributed by atoms with Gasteiger partial charge in [-0.2, -0.15) is 10.2 Å². The van der Waals surface area contributed by atoms with Gasteiger partial charge in [-0.1, -0.05) is 0 Å². The topological polar surface area (TPSA) is 107 Å². The Morgan fingerprint density at radius 3 is 2.81 bits per heavy atom. The molecule has 0 fully saturated rings. The number of anilines is 1. The van der Waals surface area contributed by atoms with Crippen LogP contribution in [0.4, 0.5) is 5.69 Å². The SMILES string of the molecule is Cc1nn(C(C)C(=O)Nc2cnn(C)c2C(=O)NCc2ccco2)cc1Br. The summed E-state index contributed by atoms with van der Waals surface area (Å²) < 4.78 is 8.99. The molecule has 1 unspecified atom stereocenters. The highest BCUT2D eigenvalue weighted by atomic mass is 79.9. The second kappa shape index (κ2) is 7.78. The molecule has 0 aliphatic rings. The summed E-state index contributed by atoms with van der Waals surface area (Å²) >= 11 is 3.38. The van der Waals surface area contributed by atoms with Crippen molar-refractivity contribution in [2.24, 2.45) is 7.05 Å². The zero-order valence-corrected chi connectivity index (χ0v) is 16.6. The fraction of sp³-hybridized carbons (Fsp3) is 0.294. The maximum Gasteiger partial charge on any atom is 0.272 e. The molecular formula is C17H19BrN6O3. The first-order chi connectivity index (χ1) is 12.9. The number of aromatic nitrogens is 4. The minimum atomic E-state index is -0.561. The van der Waals surface area contributed by atoms with Crippen LogP contribution in [-0.2, 0) is 18.4 Å². The Bertz CT molecular complexity index is 940. The summed E-state index contributed by atoms with van der Waals surface area (Å²) in [5.41, 5.74) is 1.36. The fourth-order valence-corrected chi connectivity index (χ4v) is 2.77. The number of hydrogen-bond donors (Lipinski definition) is 2. The number of rotatable bonds is 6. The molecule has 0 spiro atoms. The summed E-state index contributed by atoms with van der Waals surface area (Å²) in [5, 5.41) is 13.9. The van der Waals surface area contributed by atoms with E-state index >= 15 is 0 Å². The maximum atomic E-state index is 12.6. The second-order valence-corrected chi connectivity index (χ2v) is 6.85. The van der Waals surface area contributed by atoms with Gasteiger partial charge in [0.05, 0.1) is 34.9 Å². The van der Waals surface area contributed by atoms with E-state index in [-0.39, 0.29) is 24.1 Å². The van der Waals surface area contributed by atoms with Crippen LogP contribution in [0.1, 0.15) is 34.9 Å². The molecule has 10 heteroatoms. The third-order valence-corrected chi connectivity index (χ3v) is 4.83. The van der Waals surface area contributed by atoms with E-state index in [0.717, 1.165) is 10.2 Å². The minimum absolute atomic E-state index is 0.237. The predicted molar refractivity (Wildman–Crippen MR) is 101 cm³/mol. The monoisotopic (exact) mass is 434 g/mol. The van der Waals surface area contributed by atoms with E-state index in [9.17, 15) is 9.59 Å². The summed E-state index contributed by atoms with van der Waals surface area (Å²) in [5.74, 6) is -0.0468. The molecule has 0 saturated heterocycles. The van der Waals surface area contributed by atoms with E-state index in [0.29, 0.717) is 11.4 Å². The lowest BCUT2D eigenvalue weighted by Gasteiger charge is -2.13. The molecule has 1 atom stereocenters. The number of carbonyl (C=O) groups excluding carboxylic acids is 2. The summed E-state index contributed by atoms with van der Waals surface area (Å²) in [6.45, 7) is 3.80. The highest BCUT2D eigenvalue weighted by Gasteiger charge is 2.22. The van der Waals surface area contributed by atoms with Gasteiger partial charge in [0.25, 0.3) is 5.91 Å². The molecule has 2 amide bonds. The molecule has 3 aromatic heterocycles. The summed E-state index contributed by atoms with van der Waals surface area (Å²) in [4.78, 5) is 25.1. The number of amides is 2. The molecule has 0 radical (unpaired) electrons. The van der Waals surface area contributed by atoms with Crippen molar-refractivity contribution in [2.45, 2.75) is 26.4 Å². The van der Waals surface area contributed by atoms with E-state index in [4.69, 9.17) is 4.42 Å². The Labute approximate surface area is 163 Å². The lowest BCUT2D eigenvalue weighted by Crippen LogP contribution is -2.28. The maximum absolute atomic E-state index is 12.6. The van der Waals surface area contributed by atoms with Gasteiger partial charge in [0.2, 0.25) is 5.91 Å². The zero-order chi connectivity index (χ0) is 19.6. The lowest BCUT2D eigenvalue weighted by molar-refractivity contribution is -0.119. The highest BCUT2D eigenvalue weighted by molar-refractivity contribution is 9.10. The molecule has 3 aromatic rings. The fourth-order valence-electron chi connectivity index (χ4n) is 2.48. The second-order valence-electron chi connectivity index (χ2n) is 6.00. The first kappa shape index (κ1) is 18.9. The number of aryl methyl sites for hydroxylation is 2. The van der Waals surface area contributed by atoms with Crippen molar-refractivity contribution < 1.29 is 14.0 Å². The lowest BCUT2D eigenvalue weighted by atomic mass is 10.2. The van der Waals surface area contributed by atoms with Crippen LogP contribution in [0.2, 0.25) is 0 Å². The van der Waals surface area contributed by atoms with Crippen LogP contribution in [0.3, 0.4) is 0 Å². The van der Waals surface area contributed by atoms with Crippen LogP contribution in [0.15, 0.2) is 39.7 Å². The Morgan fingerprint density at radius 1 is 1.41 bits per heavy atom. The molecule has 2 N–H and O–H groups in total. The normalized spacial score (nSPS) is 12.0. The van der Waals surface area contributed by atoms with Gasteiger partial charge < -0.3 is 15.1 Å². The van der Waals surface area contributed by atoms with Crippen molar-refractivity contribution in [3.05, 3.63) is 52.4 Å². The van der Waals surface area contributed by atoms with Crippen LogP contribution in [0, 0.1) is 6.92 Å². The average Bonchev–Trinajstić information content (AvgIpc) is 3.35. The quantitative estimate of drug-likeness (QED) is 0.619. The van der Waals surface area contributed by atoms with Crippen molar-refractivity contribution in [3.63, 3.8) is 0 Å². The van der Waals surface area contributed by atoms with E-state index in [1.54, 1.807) is 37.0 Å². The number of hydrogen-bond acceptors (Lipinski definition) is 5. The van der Waals surface area contributed by atoms with Crippen LogP contribution < -0.4 is 10.6 Å². The first-order valence-electron chi connectivity index (χ1n) is 8.21. The van der Waals surface area contributed by atoms with Crippen LogP contribution in [0.5, 0.6) is 0 Å². The smallest absolute Gasteiger partial charge is 0.272 e. The molecule has 3 heterocycles. The van der Waals surface area contributed by atoms with E-state index in [1.807, 2.05) is 6.92 Å². The van der Waals surface area contributed by atoms with Gasteiger partial charge in [0.15, 0.2) is 0 Å². The van der Waals surface area contributed by atoms with Gasteiger partial charge in [-0.15, -0.1) is 0 Å². The largest absolute Gasteiger partial charge is 0.467 e. The number of nitrogens with one attached hydrogen (secondary N) is 2. The van der Waals surface area contributed by atoms with Crippen LogP contribution >= 0.6 is 15.9 Å². The van der Waals surface area contributed by atoms with Gasteiger partial charge in [0.1, 0.15) is 17.5 Å². The number of nitrogens with zero attached hydrogens (tertiary/aromatic N) is 4. The highest BCUT2D eigenvalue weighted by Crippen LogP contribution is 2.19. The van der Waals surface area contributed by atoms with Gasteiger partial charge in [-0.25, -0.2) is 0 Å². The predicted octanol–water partition coefficient (Wildman–Crippen LogP) is 2.41. The third-order valence-electron chi connectivity index (χ3n) is 4.05. The number of halogens is 1. The molecule has 0 bridgehead atoms. The molecule has 3 rings (SSSR count). The van der Waals surface area contributed by atoms with Gasteiger partial charge >= 0.3 is 0 Å². The third kappa shape index (κ3) is 4.11. The van der Waals surface area contributed by atoms with Gasteiger partial charge in [-0.05, 0) is 41.9 Å². The summed E-state index contributed by atoms with van der Waals surface area (Å²) in [6, 6.07) is 2.95. The van der Waals surface area contributed by atoms with Crippen molar-refractivity contribution in [3.8, 4) is 0 Å². The van der Waals surface area contributed by atoms with Crippen molar-refractivity contribution in [2.75, 3.05) is 5.32 Å². The molecule has 0 aliphatic carbocycles. The molecular weight excluding hydrogens is 416 g/mol. The van der Waals surface area contributed by atoms with Crippen molar-refractivity contribution in [1.29, 1.82) is 0 Å². The van der Waals surface area contributed by atoms with E-state index in [2.05, 4.69) is 36.8 Å². The standard InChI is InChI=1S/C17H19BrN6O3/c1-10-13(18)9-24(22-10)11(2)16(25)21-14-8-20-23(3)15(14)17(26)19-7-12-5-4-6-27-12/h4-6,8-9,11H,7H2,1-3H3,(H,19,26)(H,21,25). The molecule has 9 nitrogen and oxygen atoms in total. The Balaban J connectivity index is 1.71. The number of carbonyl (C=O) groups is 2. The molecule has 142 valence electrons. The molecule has 0 aromatic carbocycles. The van der Waals surface area contributed by atoms with E-state index < -0.39 is 6.04 Å². The van der Waals surface area contributed by atoms with Gasteiger partial charge in [-0.3, -0.25) is 19.0 Å².